The number of rotatable bonds is 6. The highest BCUT2D eigenvalue weighted by molar-refractivity contribution is 5.54. The lowest BCUT2D eigenvalue weighted by Gasteiger charge is -2.21. The molecule has 0 aliphatic carbocycles. The van der Waals surface area contributed by atoms with E-state index in [9.17, 15) is 0 Å². The molecular weight excluding hydrogens is 312 g/mol. The molecule has 25 heavy (non-hydrogen) atoms. The van der Waals surface area contributed by atoms with Gasteiger partial charge in [-0.2, -0.15) is 5.26 Å². The Bertz CT molecular complexity index is 849. The average molecular weight is 332 g/mol. The van der Waals surface area contributed by atoms with E-state index in [1.54, 1.807) is 12.1 Å². The molecule has 3 rings (SSSR count). The fourth-order valence-electron chi connectivity index (χ4n) is 2.60. The maximum atomic E-state index is 8.84. The van der Waals surface area contributed by atoms with E-state index in [4.69, 9.17) is 9.68 Å². The molecule has 0 fully saturated rings. The van der Waals surface area contributed by atoms with Gasteiger partial charge in [-0.3, -0.25) is 0 Å². The van der Waals surface area contributed by atoms with Crippen LogP contribution in [0.15, 0.2) is 59.0 Å². The molecule has 1 N–H and O–H groups in total. The van der Waals surface area contributed by atoms with Crippen molar-refractivity contribution < 1.29 is 4.42 Å². The van der Waals surface area contributed by atoms with Gasteiger partial charge in [-0.05, 0) is 42.7 Å². The molecule has 1 aromatic heterocycles. The summed E-state index contributed by atoms with van der Waals surface area (Å²) < 4.78 is 5.71. The van der Waals surface area contributed by atoms with Crippen molar-refractivity contribution in [2.75, 3.05) is 0 Å². The minimum atomic E-state index is 0.271. The molecule has 5 nitrogen and oxygen atoms in total. The van der Waals surface area contributed by atoms with Gasteiger partial charge in [0.15, 0.2) is 0 Å². The third-order valence-electron chi connectivity index (χ3n) is 4.38. The summed E-state index contributed by atoms with van der Waals surface area (Å²) in [5, 5.41) is 20.5. The zero-order valence-corrected chi connectivity index (χ0v) is 14.3. The van der Waals surface area contributed by atoms with Crippen molar-refractivity contribution in [1.29, 1.82) is 5.26 Å². The van der Waals surface area contributed by atoms with Gasteiger partial charge >= 0.3 is 0 Å². The first kappa shape index (κ1) is 16.9. The predicted octanol–water partition coefficient (Wildman–Crippen LogP) is 3.89. The number of hydrogen-bond acceptors (Lipinski definition) is 5. The molecule has 1 heterocycles. The predicted molar refractivity (Wildman–Crippen MR) is 95.6 cm³/mol. The summed E-state index contributed by atoms with van der Waals surface area (Å²) in [4.78, 5) is 0. The molecule has 0 aliphatic rings. The summed E-state index contributed by atoms with van der Waals surface area (Å²) >= 11 is 0. The fraction of sp³-hybridized carbons (Fsp3) is 0.250. The van der Waals surface area contributed by atoms with E-state index in [2.05, 4.69) is 59.7 Å². The SMILES string of the molecule is C[C@H](NCc1nnc(-c2ccc(C#N)cc2)o1)[C@@H](C)c1ccccc1. The first-order chi connectivity index (χ1) is 12.2. The van der Waals surface area contributed by atoms with E-state index < -0.39 is 0 Å². The highest BCUT2D eigenvalue weighted by atomic mass is 16.4. The Morgan fingerprint density at radius 3 is 2.44 bits per heavy atom. The van der Waals surface area contributed by atoms with E-state index in [1.807, 2.05) is 18.2 Å². The van der Waals surface area contributed by atoms with Gasteiger partial charge in [0.25, 0.3) is 0 Å². The second kappa shape index (κ2) is 7.73. The van der Waals surface area contributed by atoms with Crippen molar-refractivity contribution >= 4 is 0 Å². The van der Waals surface area contributed by atoms with Gasteiger partial charge in [-0.1, -0.05) is 37.3 Å². The Hall–Kier alpha value is -2.97. The van der Waals surface area contributed by atoms with Crippen LogP contribution in [0.4, 0.5) is 0 Å². The first-order valence-electron chi connectivity index (χ1n) is 8.28. The summed E-state index contributed by atoms with van der Waals surface area (Å²) in [5.41, 5.74) is 2.71. The van der Waals surface area contributed by atoms with Crippen LogP contribution in [0.3, 0.4) is 0 Å². The minimum Gasteiger partial charge on any atom is -0.419 e. The molecule has 3 aromatic rings. The summed E-state index contributed by atoms with van der Waals surface area (Å²) in [6.45, 7) is 4.86. The average Bonchev–Trinajstić information content (AvgIpc) is 3.15. The Morgan fingerprint density at radius 2 is 1.76 bits per heavy atom. The lowest BCUT2D eigenvalue weighted by molar-refractivity contribution is 0.423. The van der Waals surface area contributed by atoms with Crippen LogP contribution >= 0.6 is 0 Å². The van der Waals surface area contributed by atoms with Crippen LogP contribution in [0, 0.1) is 11.3 Å². The van der Waals surface area contributed by atoms with Gasteiger partial charge in [0, 0.05) is 11.6 Å². The lowest BCUT2D eigenvalue weighted by Crippen LogP contribution is -2.30. The second-order valence-electron chi connectivity index (χ2n) is 6.06. The molecule has 0 bridgehead atoms. The largest absolute Gasteiger partial charge is 0.419 e. The zero-order valence-electron chi connectivity index (χ0n) is 14.3. The molecule has 0 spiro atoms. The second-order valence-corrected chi connectivity index (χ2v) is 6.06. The van der Waals surface area contributed by atoms with Crippen molar-refractivity contribution in [3.8, 4) is 17.5 Å². The van der Waals surface area contributed by atoms with Gasteiger partial charge in [0.1, 0.15) is 0 Å². The molecule has 2 atom stereocenters. The van der Waals surface area contributed by atoms with Gasteiger partial charge in [-0.25, -0.2) is 0 Å². The molecule has 0 aliphatic heterocycles. The van der Waals surface area contributed by atoms with Gasteiger partial charge in [-0.15, -0.1) is 10.2 Å². The number of aromatic nitrogens is 2. The van der Waals surface area contributed by atoms with Crippen LogP contribution < -0.4 is 5.32 Å². The Kier molecular flexibility index (Phi) is 5.22. The van der Waals surface area contributed by atoms with Crippen LogP contribution in [-0.2, 0) is 6.54 Å². The van der Waals surface area contributed by atoms with Crippen molar-refractivity contribution in [2.24, 2.45) is 0 Å². The molecule has 0 saturated carbocycles. The van der Waals surface area contributed by atoms with E-state index >= 15 is 0 Å². The molecule has 0 radical (unpaired) electrons. The normalized spacial score (nSPS) is 13.2. The molecule has 0 saturated heterocycles. The van der Waals surface area contributed by atoms with E-state index in [-0.39, 0.29) is 6.04 Å². The zero-order chi connectivity index (χ0) is 17.6. The van der Waals surface area contributed by atoms with E-state index in [0.29, 0.717) is 29.8 Å². The Labute approximate surface area is 147 Å². The standard InChI is InChI=1S/C20H20N4O/c1-14(17-6-4-3-5-7-17)15(2)22-13-19-23-24-20(25-19)18-10-8-16(12-21)9-11-18/h3-11,14-15,22H,13H2,1-2H3/t14-,15+/m1/s1. The monoisotopic (exact) mass is 332 g/mol. The summed E-state index contributed by atoms with van der Waals surface area (Å²) in [6.07, 6.45) is 0. The summed E-state index contributed by atoms with van der Waals surface area (Å²) in [5.74, 6) is 1.39. The van der Waals surface area contributed by atoms with Crippen molar-refractivity contribution in [1.82, 2.24) is 15.5 Å². The highest BCUT2D eigenvalue weighted by Gasteiger charge is 2.15. The molecule has 5 heteroatoms. The number of nitrogens with one attached hydrogen (secondary N) is 1. The number of benzene rings is 2. The molecular formula is C20H20N4O. The summed E-state index contributed by atoms with van der Waals surface area (Å²) in [6, 6.07) is 19.9. The van der Waals surface area contributed by atoms with E-state index in [1.165, 1.54) is 5.56 Å². The topological polar surface area (TPSA) is 74.7 Å². The molecule has 0 amide bonds. The van der Waals surface area contributed by atoms with E-state index in [0.717, 1.165) is 5.56 Å². The summed E-state index contributed by atoms with van der Waals surface area (Å²) in [7, 11) is 0. The smallest absolute Gasteiger partial charge is 0.247 e. The van der Waals surface area contributed by atoms with Crippen molar-refractivity contribution in [3.05, 3.63) is 71.6 Å². The van der Waals surface area contributed by atoms with Gasteiger partial charge in [0.2, 0.25) is 11.8 Å². The van der Waals surface area contributed by atoms with Crippen LogP contribution in [0.1, 0.15) is 36.8 Å². The first-order valence-corrected chi connectivity index (χ1v) is 8.28. The Morgan fingerprint density at radius 1 is 1.04 bits per heavy atom. The maximum Gasteiger partial charge on any atom is 0.247 e. The highest BCUT2D eigenvalue weighted by Crippen LogP contribution is 2.20. The fourth-order valence-corrected chi connectivity index (χ4v) is 2.60. The third-order valence-corrected chi connectivity index (χ3v) is 4.38. The van der Waals surface area contributed by atoms with Gasteiger partial charge in [0.05, 0.1) is 18.2 Å². The van der Waals surface area contributed by atoms with Crippen LogP contribution in [-0.4, -0.2) is 16.2 Å². The Balaban J connectivity index is 1.60. The van der Waals surface area contributed by atoms with Crippen LogP contribution in [0.5, 0.6) is 0 Å². The maximum absolute atomic E-state index is 8.84. The number of hydrogen-bond donors (Lipinski definition) is 1. The quantitative estimate of drug-likeness (QED) is 0.741. The molecule has 0 unspecified atom stereocenters. The number of nitrogens with zero attached hydrogens (tertiary/aromatic N) is 3. The van der Waals surface area contributed by atoms with Crippen LogP contribution in [0.2, 0.25) is 0 Å². The lowest BCUT2D eigenvalue weighted by atomic mass is 9.94. The minimum absolute atomic E-state index is 0.271. The third kappa shape index (κ3) is 4.11. The van der Waals surface area contributed by atoms with Gasteiger partial charge < -0.3 is 9.73 Å². The molecule has 2 aromatic carbocycles. The van der Waals surface area contributed by atoms with Crippen molar-refractivity contribution in [2.45, 2.75) is 32.4 Å². The number of nitriles is 1. The van der Waals surface area contributed by atoms with Crippen molar-refractivity contribution in [3.63, 3.8) is 0 Å². The van der Waals surface area contributed by atoms with Crippen LogP contribution in [0.25, 0.3) is 11.5 Å². The molecule has 126 valence electrons.